The van der Waals surface area contributed by atoms with Crippen LogP contribution in [0.4, 0.5) is 0 Å². The summed E-state index contributed by atoms with van der Waals surface area (Å²) >= 11 is 7.58. The molecule has 3 rings (SSSR count). The van der Waals surface area contributed by atoms with Gasteiger partial charge in [0.05, 0.1) is 24.6 Å². The van der Waals surface area contributed by atoms with Crippen molar-refractivity contribution in [2.45, 2.75) is 23.7 Å². The fourth-order valence-corrected chi connectivity index (χ4v) is 3.59. The number of hydrazine groups is 1. The molecule has 1 heterocycles. The molecule has 1 saturated carbocycles. The highest BCUT2D eigenvalue weighted by atomic mass is 35.5. The molecule has 0 bridgehead atoms. The average molecular weight is 444 g/mol. The number of carbonyl (C=O) groups is 1. The number of carbonyl (C=O) groups excluding carboxylic acids is 1. The zero-order chi connectivity index (χ0) is 21.5. The summed E-state index contributed by atoms with van der Waals surface area (Å²) in [6.45, 7) is 0. The molecule has 1 aromatic carbocycles. The fourth-order valence-electron chi connectivity index (χ4n) is 2.77. The molecule has 0 aromatic heterocycles. The van der Waals surface area contributed by atoms with E-state index in [1.807, 2.05) is 0 Å². The molecule has 1 fully saturated rings. The van der Waals surface area contributed by atoms with Crippen LogP contribution in [-0.2, 0) is 4.74 Å². The van der Waals surface area contributed by atoms with E-state index in [1.54, 1.807) is 30.5 Å². The Balaban J connectivity index is 1.76. The van der Waals surface area contributed by atoms with E-state index in [-0.39, 0.29) is 11.3 Å². The summed E-state index contributed by atoms with van der Waals surface area (Å²) in [5.74, 6) is 12.8. The number of benzene rings is 1. The van der Waals surface area contributed by atoms with Gasteiger partial charge in [0, 0.05) is 23.3 Å². The Morgan fingerprint density at radius 1 is 1.50 bits per heavy atom. The maximum absolute atomic E-state index is 12.9. The fraction of sp³-hybridized carbons (Fsp3) is 0.333. The number of methoxy groups -OCH3 is 1. The lowest BCUT2D eigenvalue weighted by Crippen LogP contribution is -2.34. The highest BCUT2D eigenvalue weighted by molar-refractivity contribution is 8.00. The normalized spacial score (nSPS) is 18.5. The molecule has 9 heteroatoms. The smallest absolute Gasteiger partial charge is 0.252 e. The molecule has 1 aliphatic heterocycles. The van der Waals surface area contributed by atoms with E-state index in [4.69, 9.17) is 22.2 Å². The third kappa shape index (κ3) is 5.71. The lowest BCUT2D eigenvalue weighted by Gasteiger charge is -2.21. The van der Waals surface area contributed by atoms with Gasteiger partial charge in [0.25, 0.3) is 5.91 Å². The first-order chi connectivity index (χ1) is 14.5. The Hall–Kier alpha value is -2.62. The van der Waals surface area contributed by atoms with Crippen molar-refractivity contribution in [3.8, 4) is 17.9 Å². The second-order valence-corrected chi connectivity index (χ2v) is 8.22. The second kappa shape index (κ2) is 10.4. The third-order valence-electron chi connectivity index (χ3n) is 4.49. The van der Waals surface area contributed by atoms with Crippen molar-refractivity contribution in [1.29, 1.82) is 5.26 Å². The molecular formula is C21H22ClN5O2S. The van der Waals surface area contributed by atoms with Crippen molar-refractivity contribution in [3.63, 3.8) is 0 Å². The van der Waals surface area contributed by atoms with Crippen LogP contribution in [0.3, 0.4) is 0 Å². The molecule has 0 spiro atoms. The minimum Gasteiger partial charge on any atom is -0.495 e. The summed E-state index contributed by atoms with van der Waals surface area (Å²) in [7, 11) is 1.53. The number of dihydropyridines is 1. The van der Waals surface area contributed by atoms with Crippen LogP contribution >= 0.6 is 23.4 Å². The third-order valence-corrected chi connectivity index (χ3v) is 5.64. The number of alkyl halides is 1. The van der Waals surface area contributed by atoms with Gasteiger partial charge in [-0.25, -0.2) is 5.43 Å². The minimum absolute atomic E-state index is 0.265. The number of nitriles is 1. The van der Waals surface area contributed by atoms with E-state index in [9.17, 15) is 10.1 Å². The van der Waals surface area contributed by atoms with Crippen LogP contribution in [0.1, 0.15) is 34.3 Å². The van der Waals surface area contributed by atoms with Crippen molar-refractivity contribution in [2.24, 2.45) is 11.8 Å². The topological polar surface area (TPSA) is 112 Å². The van der Waals surface area contributed by atoms with E-state index in [0.717, 1.165) is 12.8 Å². The molecule has 7 nitrogen and oxygen atoms in total. The van der Waals surface area contributed by atoms with E-state index >= 15 is 0 Å². The average Bonchev–Trinajstić information content (AvgIpc) is 3.60. The Bertz CT molecular complexity index is 972. The van der Waals surface area contributed by atoms with Crippen LogP contribution in [0.5, 0.6) is 0 Å². The number of nitrogens with one attached hydrogen (secondary N) is 3. The largest absolute Gasteiger partial charge is 0.495 e. The Labute approximate surface area is 185 Å². The van der Waals surface area contributed by atoms with E-state index in [1.165, 1.54) is 18.9 Å². The Kier molecular flexibility index (Phi) is 7.67. The minimum atomic E-state index is -0.461. The van der Waals surface area contributed by atoms with E-state index < -0.39 is 5.50 Å². The molecule has 5 N–H and O–H groups in total. The maximum atomic E-state index is 12.9. The van der Waals surface area contributed by atoms with Crippen LogP contribution in [0.15, 0.2) is 36.2 Å². The standard InChI is InChI=1S/C21H22ClN5O2S/c1-29-18-11-25-19(22)9-17(18)16-8-14(10-23)4-6-15(16)21(28)26-12-30-20(27-24)7-5-13-2-3-13/h4,6,8-9,11,13,19-20,25,27H,2-3,12,24H2,1H3,(H,26,28). The lowest BCUT2D eigenvalue weighted by molar-refractivity contribution is 0.0960. The quantitative estimate of drug-likeness (QED) is 0.128. The molecule has 1 amide bonds. The van der Waals surface area contributed by atoms with Crippen LogP contribution in [0.2, 0.25) is 0 Å². The zero-order valence-corrected chi connectivity index (χ0v) is 17.9. The SMILES string of the molecule is COC1=CNC(Cl)C=C1c1cc(C#N)ccc1C(=O)NCSC(C#CC1CC1)NN. The lowest BCUT2D eigenvalue weighted by atomic mass is 9.94. The predicted molar refractivity (Wildman–Crippen MR) is 119 cm³/mol. The number of halogens is 1. The first-order valence-electron chi connectivity index (χ1n) is 9.33. The molecule has 0 radical (unpaired) electrons. The molecule has 2 aliphatic rings. The predicted octanol–water partition coefficient (Wildman–Crippen LogP) is 2.22. The Morgan fingerprint density at radius 2 is 2.30 bits per heavy atom. The van der Waals surface area contributed by atoms with Crippen LogP contribution in [0, 0.1) is 29.1 Å². The number of nitrogens with zero attached hydrogens (tertiary/aromatic N) is 1. The van der Waals surface area contributed by atoms with E-state index in [2.05, 4.69) is 34.0 Å². The van der Waals surface area contributed by atoms with Gasteiger partial charge in [0.2, 0.25) is 0 Å². The number of rotatable bonds is 7. The van der Waals surface area contributed by atoms with Crippen molar-refractivity contribution < 1.29 is 9.53 Å². The first-order valence-corrected chi connectivity index (χ1v) is 10.8. The molecule has 2 unspecified atom stereocenters. The van der Waals surface area contributed by atoms with Gasteiger partial charge in [-0.05, 0) is 42.7 Å². The number of thioether (sulfide) groups is 1. The molecule has 30 heavy (non-hydrogen) atoms. The van der Waals surface area contributed by atoms with Crippen molar-refractivity contribution >= 4 is 34.8 Å². The molecular weight excluding hydrogens is 422 g/mol. The monoisotopic (exact) mass is 443 g/mol. The summed E-state index contributed by atoms with van der Waals surface area (Å²) in [6.07, 6.45) is 5.66. The Morgan fingerprint density at radius 3 is 2.97 bits per heavy atom. The van der Waals surface area contributed by atoms with Gasteiger partial charge in [0.1, 0.15) is 16.6 Å². The molecule has 0 saturated heterocycles. The summed E-state index contributed by atoms with van der Waals surface area (Å²) < 4.78 is 5.41. The summed E-state index contributed by atoms with van der Waals surface area (Å²) in [5.41, 5.74) is 4.23. The number of nitrogens with two attached hydrogens (primary N) is 1. The molecule has 2 atom stereocenters. The number of amides is 1. The van der Waals surface area contributed by atoms with Gasteiger partial charge in [-0.15, -0.1) is 11.8 Å². The highest BCUT2D eigenvalue weighted by Crippen LogP contribution is 2.31. The first kappa shape index (κ1) is 22.1. The molecule has 156 valence electrons. The number of ether oxygens (including phenoxy) is 1. The molecule has 1 aliphatic carbocycles. The van der Waals surface area contributed by atoms with Crippen LogP contribution in [-0.4, -0.2) is 29.8 Å². The second-order valence-electron chi connectivity index (χ2n) is 6.66. The van der Waals surface area contributed by atoms with Crippen molar-refractivity contribution in [1.82, 2.24) is 16.1 Å². The van der Waals surface area contributed by atoms with Crippen molar-refractivity contribution in [2.75, 3.05) is 13.0 Å². The summed E-state index contributed by atoms with van der Waals surface area (Å²) in [6, 6.07) is 6.98. The van der Waals surface area contributed by atoms with Gasteiger partial charge >= 0.3 is 0 Å². The van der Waals surface area contributed by atoms with Gasteiger partial charge in [0.15, 0.2) is 0 Å². The van der Waals surface area contributed by atoms with E-state index in [0.29, 0.717) is 39.8 Å². The highest BCUT2D eigenvalue weighted by Gasteiger charge is 2.22. The molecule has 1 aromatic rings. The van der Waals surface area contributed by atoms with Crippen LogP contribution in [0.25, 0.3) is 5.57 Å². The van der Waals surface area contributed by atoms with Gasteiger partial charge < -0.3 is 15.4 Å². The summed E-state index contributed by atoms with van der Waals surface area (Å²) in [4.78, 5) is 12.9. The summed E-state index contributed by atoms with van der Waals surface area (Å²) in [5, 5.41) is 14.8. The van der Waals surface area contributed by atoms with Crippen LogP contribution < -0.4 is 21.9 Å². The maximum Gasteiger partial charge on any atom is 0.252 e. The van der Waals surface area contributed by atoms with Gasteiger partial charge in [-0.3, -0.25) is 10.6 Å². The number of hydrogen-bond acceptors (Lipinski definition) is 7. The number of hydrogen-bond donors (Lipinski definition) is 4. The number of allylic oxidation sites excluding steroid dienone is 1. The van der Waals surface area contributed by atoms with Crippen molar-refractivity contribution in [3.05, 3.63) is 52.9 Å². The van der Waals surface area contributed by atoms with Gasteiger partial charge in [-0.1, -0.05) is 23.4 Å². The zero-order valence-electron chi connectivity index (χ0n) is 16.4. The van der Waals surface area contributed by atoms with Gasteiger partial charge in [-0.2, -0.15) is 5.26 Å².